The molecule has 0 saturated carbocycles. The summed E-state index contributed by atoms with van der Waals surface area (Å²) >= 11 is 0. The molecule has 26 heavy (non-hydrogen) atoms. The highest BCUT2D eigenvalue weighted by Crippen LogP contribution is 2.29. The lowest BCUT2D eigenvalue weighted by molar-refractivity contribution is -0.384. The van der Waals surface area contributed by atoms with Gasteiger partial charge in [-0.3, -0.25) is 20.5 Å². The highest BCUT2D eigenvalue weighted by atomic mass is 32.2. The summed E-state index contributed by atoms with van der Waals surface area (Å²) < 4.78 is 26.3. The average Bonchev–Trinajstić information content (AvgIpc) is 2.63. The van der Waals surface area contributed by atoms with E-state index in [0.29, 0.717) is 5.56 Å². The molecule has 0 spiro atoms. The Bertz CT molecular complexity index is 896. The summed E-state index contributed by atoms with van der Waals surface area (Å²) in [6, 6.07) is 7.19. The van der Waals surface area contributed by atoms with Crippen LogP contribution in [0.2, 0.25) is 0 Å². The third-order valence-corrected chi connectivity index (χ3v) is 5.64. The minimum Gasteiger partial charge on any atom is -0.272 e. The standard InChI is InChI=1S/C16H19N5O4S/c1-3-20(4-2)26(24,25)14-7-8-15(16(10-14)21(22)23)19-18-12-13-6-5-9-17-11-13/h5-12,19H,3-4H2,1-2H3. The van der Waals surface area contributed by atoms with E-state index >= 15 is 0 Å². The number of hydrogen-bond acceptors (Lipinski definition) is 7. The molecular weight excluding hydrogens is 358 g/mol. The van der Waals surface area contributed by atoms with Gasteiger partial charge in [0.05, 0.1) is 16.0 Å². The van der Waals surface area contributed by atoms with E-state index in [0.717, 1.165) is 6.07 Å². The molecule has 138 valence electrons. The predicted octanol–water partition coefficient (Wildman–Crippen LogP) is 2.47. The molecular formula is C16H19N5O4S. The van der Waals surface area contributed by atoms with E-state index in [4.69, 9.17) is 0 Å². The van der Waals surface area contributed by atoms with Gasteiger partial charge in [0.1, 0.15) is 5.69 Å². The Morgan fingerprint density at radius 2 is 2.04 bits per heavy atom. The number of anilines is 1. The van der Waals surface area contributed by atoms with Crippen LogP contribution >= 0.6 is 0 Å². The van der Waals surface area contributed by atoms with Gasteiger partial charge in [-0.15, -0.1) is 0 Å². The van der Waals surface area contributed by atoms with E-state index in [9.17, 15) is 18.5 Å². The number of nitro benzene ring substituents is 1. The molecule has 0 aliphatic heterocycles. The number of nitro groups is 1. The van der Waals surface area contributed by atoms with E-state index < -0.39 is 14.9 Å². The zero-order valence-corrected chi connectivity index (χ0v) is 15.2. The van der Waals surface area contributed by atoms with E-state index in [-0.39, 0.29) is 29.4 Å². The molecule has 1 aromatic carbocycles. The van der Waals surface area contributed by atoms with Gasteiger partial charge in [-0.25, -0.2) is 8.42 Å². The van der Waals surface area contributed by atoms with Crippen molar-refractivity contribution < 1.29 is 13.3 Å². The van der Waals surface area contributed by atoms with Crippen LogP contribution in [0.4, 0.5) is 11.4 Å². The smallest absolute Gasteiger partial charge is 0.272 e. The molecule has 0 saturated heterocycles. The Morgan fingerprint density at radius 1 is 1.31 bits per heavy atom. The molecule has 0 aliphatic rings. The molecule has 0 fully saturated rings. The van der Waals surface area contributed by atoms with Crippen molar-refractivity contribution >= 4 is 27.6 Å². The van der Waals surface area contributed by atoms with Crippen LogP contribution in [0.3, 0.4) is 0 Å². The Kier molecular flexibility index (Phi) is 6.36. The van der Waals surface area contributed by atoms with Gasteiger partial charge in [-0.2, -0.15) is 9.41 Å². The molecule has 1 heterocycles. The number of hydrogen-bond donors (Lipinski definition) is 1. The van der Waals surface area contributed by atoms with Gasteiger partial charge in [-0.1, -0.05) is 19.9 Å². The van der Waals surface area contributed by atoms with Crippen LogP contribution in [0.1, 0.15) is 19.4 Å². The molecule has 0 unspecified atom stereocenters. The first-order valence-corrected chi connectivity index (χ1v) is 9.31. The third kappa shape index (κ3) is 4.41. The summed E-state index contributed by atoms with van der Waals surface area (Å²) in [5.41, 5.74) is 3.00. The summed E-state index contributed by atoms with van der Waals surface area (Å²) in [6.45, 7) is 3.97. The summed E-state index contributed by atoms with van der Waals surface area (Å²) in [4.78, 5) is 14.5. The topological polar surface area (TPSA) is 118 Å². The fraction of sp³-hybridized carbons (Fsp3) is 0.250. The van der Waals surface area contributed by atoms with Gasteiger partial charge >= 0.3 is 0 Å². The lowest BCUT2D eigenvalue weighted by atomic mass is 10.3. The van der Waals surface area contributed by atoms with Crippen molar-refractivity contribution in [2.45, 2.75) is 18.7 Å². The van der Waals surface area contributed by atoms with Crippen molar-refractivity contribution in [2.24, 2.45) is 5.10 Å². The number of pyridine rings is 1. The normalized spacial score (nSPS) is 11.8. The molecule has 1 N–H and O–H groups in total. The van der Waals surface area contributed by atoms with Gasteiger partial charge in [0.25, 0.3) is 5.69 Å². The average molecular weight is 377 g/mol. The lowest BCUT2D eigenvalue weighted by Gasteiger charge is -2.18. The van der Waals surface area contributed by atoms with E-state index in [1.54, 1.807) is 38.4 Å². The number of rotatable bonds is 8. The lowest BCUT2D eigenvalue weighted by Crippen LogP contribution is -2.30. The fourth-order valence-corrected chi connectivity index (χ4v) is 3.74. The second-order valence-electron chi connectivity index (χ2n) is 5.18. The molecule has 2 aromatic rings. The second-order valence-corrected chi connectivity index (χ2v) is 7.12. The van der Waals surface area contributed by atoms with Gasteiger partial charge in [0.15, 0.2) is 0 Å². The van der Waals surface area contributed by atoms with Crippen LogP contribution in [0.15, 0.2) is 52.7 Å². The first-order valence-electron chi connectivity index (χ1n) is 7.87. The second kappa shape index (κ2) is 8.50. The van der Waals surface area contributed by atoms with Crippen LogP contribution in [0.5, 0.6) is 0 Å². The van der Waals surface area contributed by atoms with Crippen molar-refractivity contribution in [3.05, 3.63) is 58.4 Å². The number of benzene rings is 1. The molecule has 2 rings (SSSR count). The quantitative estimate of drug-likeness (QED) is 0.429. The highest BCUT2D eigenvalue weighted by molar-refractivity contribution is 7.89. The van der Waals surface area contributed by atoms with E-state index in [1.165, 1.54) is 22.7 Å². The monoisotopic (exact) mass is 377 g/mol. The maximum Gasteiger partial charge on any atom is 0.295 e. The molecule has 0 aliphatic carbocycles. The first-order chi connectivity index (χ1) is 12.4. The molecule has 0 amide bonds. The first kappa shape index (κ1) is 19.5. The van der Waals surface area contributed by atoms with Crippen LogP contribution in [-0.2, 0) is 10.0 Å². The minimum absolute atomic E-state index is 0.0913. The Hall–Kier alpha value is -2.85. The van der Waals surface area contributed by atoms with Crippen molar-refractivity contribution in [2.75, 3.05) is 18.5 Å². The number of sulfonamides is 1. The SMILES string of the molecule is CCN(CC)S(=O)(=O)c1ccc(NN=Cc2cccnc2)c([N+](=O)[O-])c1. The van der Waals surface area contributed by atoms with Gasteiger partial charge in [0, 0.05) is 37.1 Å². The minimum atomic E-state index is -3.78. The largest absolute Gasteiger partial charge is 0.295 e. The summed E-state index contributed by atoms with van der Waals surface area (Å²) in [7, 11) is -3.78. The number of nitrogens with one attached hydrogen (secondary N) is 1. The van der Waals surface area contributed by atoms with Crippen molar-refractivity contribution in [3.8, 4) is 0 Å². The maximum absolute atomic E-state index is 12.5. The summed E-state index contributed by atoms with van der Waals surface area (Å²) in [5, 5.41) is 15.3. The Balaban J connectivity index is 2.32. The van der Waals surface area contributed by atoms with E-state index in [1.807, 2.05) is 0 Å². The van der Waals surface area contributed by atoms with Crippen LogP contribution in [0.25, 0.3) is 0 Å². The Labute approximate surface area is 151 Å². The zero-order chi connectivity index (χ0) is 19.2. The van der Waals surface area contributed by atoms with Crippen molar-refractivity contribution in [1.82, 2.24) is 9.29 Å². The van der Waals surface area contributed by atoms with Gasteiger partial charge in [-0.05, 0) is 18.2 Å². The molecule has 0 atom stereocenters. The maximum atomic E-state index is 12.5. The van der Waals surface area contributed by atoms with Crippen molar-refractivity contribution in [1.29, 1.82) is 0 Å². The number of hydrazone groups is 1. The summed E-state index contributed by atoms with van der Waals surface area (Å²) in [6.07, 6.45) is 4.65. The Morgan fingerprint density at radius 3 is 2.62 bits per heavy atom. The highest BCUT2D eigenvalue weighted by Gasteiger charge is 2.25. The van der Waals surface area contributed by atoms with E-state index in [2.05, 4.69) is 15.5 Å². The zero-order valence-electron chi connectivity index (χ0n) is 14.4. The molecule has 9 nitrogen and oxygen atoms in total. The van der Waals surface area contributed by atoms with Crippen LogP contribution in [-0.4, -0.2) is 41.9 Å². The third-order valence-electron chi connectivity index (χ3n) is 3.59. The predicted molar refractivity (Wildman–Crippen MR) is 98.7 cm³/mol. The molecule has 0 radical (unpaired) electrons. The van der Waals surface area contributed by atoms with Gasteiger partial charge in [0.2, 0.25) is 10.0 Å². The van der Waals surface area contributed by atoms with Crippen molar-refractivity contribution in [3.63, 3.8) is 0 Å². The molecule has 10 heteroatoms. The molecule has 0 bridgehead atoms. The van der Waals surface area contributed by atoms with Crippen LogP contribution in [0, 0.1) is 10.1 Å². The fourth-order valence-electron chi connectivity index (χ4n) is 2.26. The van der Waals surface area contributed by atoms with Gasteiger partial charge < -0.3 is 0 Å². The molecule has 1 aromatic heterocycles. The number of aromatic nitrogens is 1. The number of nitrogens with zero attached hydrogens (tertiary/aromatic N) is 4. The van der Waals surface area contributed by atoms with Crippen LogP contribution < -0.4 is 5.43 Å². The summed E-state index contributed by atoms with van der Waals surface area (Å²) in [5.74, 6) is 0.